The SMILES string of the molecule is C#CCNS(=O)(=O)c1cccc(C(=O)N2CCCC3CCCCC32)c1. The Hall–Kier alpha value is -1.84. The fourth-order valence-corrected chi connectivity index (χ4v) is 5.04. The summed E-state index contributed by atoms with van der Waals surface area (Å²) in [5, 5.41) is 0. The summed E-state index contributed by atoms with van der Waals surface area (Å²) in [7, 11) is -3.70. The van der Waals surface area contributed by atoms with Crippen LogP contribution in [0.15, 0.2) is 29.2 Å². The van der Waals surface area contributed by atoms with Crippen molar-refractivity contribution < 1.29 is 13.2 Å². The lowest BCUT2D eigenvalue weighted by Gasteiger charge is -2.44. The highest BCUT2D eigenvalue weighted by atomic mass is 32.2. The summed E-state index contributed by atoms with van der Waals surface area (Å²) in [6.07, 6.45) is 12.0. The Morgan fingerprint density at radius 3 is 2.80 bits per heavy atom. The number of likely N-dealkylation sites (tertiary alicyclic amines) is 1. The highest BCUT2D eigenvalue weighted by Crippen LogP contribution is 2.36. The number of carbonyl (C=O) groups is 1. The molecule has 1 aromatic carbocycles. The van der Waals surface area contributed by atoms with Gasteiger partial charge in [0.15, 0.2) is 0 Å². The van der Waals surface area contributed by atoms with Crippen LogP contribution in [0.5, 0.6) is 0 Å². The van der Waals surface area contributed by atoms with Gasteiger partial charge in [-0.25, -0.2) is 8.42 Å². The molecule has 1 aliphatic heterocycles. The van der Waals surface area contributed by atoms with E-state index in [9.17, 15) is 13.2 Å². The molecule has 0 spiro atoms. The number of carbonyl (C=O) groups excluding carboxylic acids is 1. The van der Waals surface area contributed by atoms with Crippen molar-refractivity contribution in [3.05, 3.63) is 29.8 Å². The van der Waals surface area contributed by atoms with Crippen LogP contribution in [-0.4, -0.2) is 38.4 Å². The van der Waals surface area contributed by atoms with E-state index in [4.69, 9.17) is 6.42 Å². The zero-order chi connectivity index (χ0) is 17.9. The first kappa shape index (κ1) is 18.0. The molecule has 1 heterocycles. The second kappa shape index (κ2) is 7.59. The van der Waals surface area contributed by atoms with Crippen LogP contribution < -0.4 is 4.72 Å². The van der Waals surface area contributed by atoms with E-state index >= 15 is 0 Å². The number of nitrogens with one attached hydrogen (secondary N) is 1. The van der Waals surface area contributed by atoms with E-state index in [0.717, 1.165) is 25.8 Å². The molecule has 6 heteroatoms. The van der Waals surface area contributed by atoms with Crippen molar-refractivity contribution in [1.29, 1.82) is 0 Å². The Kier molecular flexibility index (Phi) is 5.45. The summed E-state index contributed by atoms with van der Waals surface area (Å²) in [6, 6.07) is 6.53. The molecule has 25 heavy (non-hydrogen) atoms. The average Bonchev–Trinajstić information content (AvgIpc) is 2.65. The number of hydrogen-bond acceptors (Lipinski definition) is 3. The van der Waals surface area contributed by atoms with Crippen molar-refractivity contribution in [2.45, 2.75) is 49.5 Å². The van der Waals surface area contributed by atoms with Crippen molar-refractivity contribution in [2.75, 3.05) is 13.1 Å². The van der Waals surface area contributed by atoms with Crippen LogP contribution in [0.4, 0.5) is 0 Å². The van der Waals surface area contributed by atoms with E-state index < -0.39 is 10.0 Å². The first-order valence-electron chi connectivity index (χ1n) is 8.87. The van der Waals surface area contributed by atoms with E-state index in [-0.39, 0.29) is 17.3 Å². The van der Waals surface area contributed by atoms with Crippen LogP contribution in [0.25, 0.3) is 0 Å². The minimum absolute atomic E-state index is 0.0643. The zero-order valence-electron chi connectivity index (χ0n) is 14.3. The van der Waals surface area contributed by atoms with E-state index in [1.54, 1.807) is 12.1 Å². The van der Waals surface area contributed by atoms with Gasteiger partial charge in [-0.15, -0.1) is 6.42 Å². The Morgan fingerprint density at radius 1 is 1.24 bits per heavy atom. The number of nitrogens with zero attached hydrogens (tertiary/aromatic N) is 1. The molecule has 1 saturated carbocycles. The molecule has 1 aromatic rings. The molecule has 5 nitrogen and oxygen atoms in total. The number of sulfonamides is 1. The van der Waals surface area contributed by atoms with Gasteiger partial charge in [0.25, 0.3) is 5.91 Å². The first-order chi connectivity index (χ1) is 12.0. The molecule has 2 atom stereocenters. The normalized spacial score (nSPS) is 23.6. The summed E-state index contributed by atoms with van der Waals surface area (Å²) >= 11 is 0. The molecule has 2 unspecified atom stereocenters. The number of benzene rings is 1. The van der Waals surface area contributed by atoms with Crippen LogP contribution in [0, 0.1) is 18.3 Å². The summed E-state index contributed by atoms with van der Waals surface area (Å²) in [5.41, 5.74) is 0.426. The molecule has 3 rings (SSSR count). The highest BCUT2D eigenvalue weighted by molar-refractivity contribution is 7.89. The largest absolute Gasteiger partial charge is 0.335 e. The van der Waals surface area contributed by atoms with Gasteiger partial charge < -0.3 is 4.90 Å². The van der Waals surface area contributed by atoms with Crippen LogP contribution in [-0.2, 0) is 10.0 Å². The second-order valence-corrected chi connectivity index (χ2v) is 8.58. The number of rotatable bonds is 4. The predicted octanol–water partition coefficient (Wildman–Crippen LogP) is 2.39. The van der Waals surface area contributed by atoms with Crippen LogP contribution in [0.3, 0.4) is 0 Å². The maximum atomic E-state index is 13.0. The Morgan fingerprint density at radius 2 is 2.00 bits per heavy atom. The molecule has 0 radical (unpaired) electrons. The fraction of sp³-hybridized carbons (Fsp3) is 0.526. The summed E-state index contributed by atoms with van der Waals surface area (Å²) in [4.78, 5) is 15.1. The van der Waals surface area contributed by atoms with Gasteiger partial charge in [0, 0.05) is 18.2 Å². The molecular weight excluding hydrogens is 336 g/mol. The lowest BCUT2D eigenvalue weighted by Crippen LogP contribution is -2.49. The van der Waals surface area contributed by atoms with E-state index in [1.807, 2.05) is 4.90 Å². The summed E-state index contributed by atoms with van der Waals surface area (Å²) < 4.78 is 26.8. The minimum Gasteiger partial charge on any atom is -0.335 e. The number of terminal acetylenes is 1. The van der Waals surface area contributed by atoms with Crippen LogP contribution in [0.1, 0.15) is 48.9 Å². The third kappa shape index (κ3) is 3.88. The van der Waals surface area contributed by atoms with Gasteiger partial charge in [0.05, 0.1) is 11.4 Å². The van der Waals surface area contributed by atoms with Gasteiger partial charge in [-0.1, -0.05) is 24.8 Å². The maximum absolute atomic E-state index is 13.0. The van der Waals surface area contributed by atoms with Gasteiger partial charge in [0.2, 0.25) is 10.0 Å². The summed E-state index contributed by atoms with van der Waals surface area (Å²) in [6.45, 7) is 0.683. The third-order valence-corrected chi connectivity index (χ3v) is 6.66. The zero-order valence-corrected chi connectivity index (χ0v) is 15.1. The number of hydrogen-bond donors (Lipinski definition) is 1. The highest BCUT2D eigenvalue weighted by Gasteiger charge is 2.36. The smallest absolute Gasteiger partial charge is 0.254 e. The van der Waals surface area contributed by atoms with Gasteiger partial charge in [-0.3, -0.25) is 4.79 Å². The second-order valence-electron chi connectivity index (χ2n) is 6.81. The molecule has 1 N–H and O–H groups in total. The van der Waals surface area contributed by atoms with Crippen molar-refractivity contribution in [1.82, 2.24) is 9.62 Å². The fourth-order valence-electron chi connectivity index (χ4n) is 4.06. The van der Waals surface area contributed by atoms with Crippen molar-refractivity contribution in [3.63, 3.8) is 0 Å². The molecule has 1 aliphatic carbocycles. The number of piperidine rings is 1. The maximum Gasteiger partial charge on any atom is 0.254 e. The molecule has 1 saturated heterocycles. The van der Waals surface area contributed by atoms with Gasteiger partial charge in [-0.2, -0.15) is 4.72 Å². The molecule has 134 valence electrons. The Labute approximate surface area is 149 Å². The first-order valence-corrected chi connectivity index (χ1v) is 10.4. The van der Waals surface area contributed by atoms with Gasteiger partial charge >= 0.3 is 0 Å². The van der Waals surface area contributed by atoms with Gasteiger partial charge in [0.1, 0.15) is 0 Å². The van der Waals surface area contributed by atoms with E-state index in [0.29, 0.717) is 17.5 Å². The number of amides is 1. The molecule has 1 amide bonds. The topological polar surface area (TPSA) is 66.5 Å². The lowest BCUT2D eigenvalue weighted by atomic mass is 9.78. The third-order valence-electron chi connectivity index (χ3n) is 5.26. The van der Waals surface area contributed by atoms with Crippen LogP contribution >= 0.6 is 0 Å². The van der Waals surface area contributed by atoms with Crippen molar-refractivity contribution in [3.8, 4) is 12.3 Å². The molecule has 2 fully saturated rings. The van der Waals surface area contributed by atoms with Crippen molar-refractivity contribution in [2.24, 2.45) is 5.92 Å². The summed E-state index contributed by atoms with van der Waals surface area (Å²) in [5.74, 6) is 2.78. The Balaban J connectivity index is 1.83. The standard InChI is InChI=1S/C19H24N2O3S/c1-2-12-20-25(23,24)17-10-5-8-16(14-17)19(22)21-13-6-9-15-7-3-4-11-18(15)21/h1,5,8,10,14-15,18,20H,3-4,6-7,9,11-13H2. The lowest BCUT2D eigenvalue weighted by molar-refractivity contribution is 0.0390. The predicted molar refractivity (Wildman–Crippen MR) is 96.5 cm³/mol. The number of fused-ring (bicyclic) bond motifs is 1. The Bertz CT molecular complexity index is 780. The van der Waals surface area contributed by atoms with Gasteiger partial charge in [-0.05, 0) is 49.8 Å². The molecular formula is C19H24N2O3S. The monoisotopic (exact) mass is 360 g/mol. The average molecular weight is 360 g/mol. The van der Waals surface area contributed by atoms with Crippen molar-refractivity contribution >= 4 is 15.9 Å². The molecule has 2 aliphatic rings. The minimum atomic E-state index is -3.70. The van der Waals surface area contributed by atoms with Crippen LogP contribution in [0.2, 0.25) is 0 Å². The molecule has 0 bridgehead atoms. The molecule has 0 aromatic heterocycles. The quantitative estimate of drug-likeness (QED) is 0.839. The van der Waals surface area contributed by atoms with E-state index in [2.05, 4.69) is 10.6 Å². The van der Waals surface area contributed by atoms with E-state index in [1.165, 1.54) is 31.4 Å².